The molecule has 2 aromatic carbocycles. The molecule has 0 bridgehead atoms. The maximum absolute atomic E-state index is 14.7. The van der Waals surface area contributed by atoms with Gasteiger partial charge in [-0.1, -0.05) is 0 Å². The molecule has 0 saturated carbocycles. The summed E-state index contributed by atoms with van der Waals surface area (Å²) < 4.78 is 17.3. The fourth-order valence-corrected chi connectivity index (χ4v) is 5.09. The first-order valence-electron chi connectivity index (χ1n) is 8.69. The molecule has 3 aromatic rings. The van der Waals surface area contributed by atoms with E-state index in [1.807, 2.05) is 12.1 Å². The normalized spacial score (nSPS) is 11.0. The zero-order valence-electron chi connectivity index (χ0n) is 14.3. The second-order valence-corrected chi connectivity index (χ2v) is 8.57. The quantitative estimate of drug-likeness (QED) is 0.448. The van der Waals surface area contributed by atoms with Crippen molar-refractivity contribution in [3.63, 3.8) is 0 Å². The minimum absolute atomic E-state index is 0.106. The van der Waals surface area contributed by atoms with Gasteiger partial charge in [0.15, 0.2) is 0 Å². The first-order chi connectivity index (χ1) is 11.7. The number of unbranched alkanes of at least 4 members (excludes halogenated alkanes) is 1. The van der Waals surface area contributed by atoms with Crippen LogP contribution in [-0.2, 0) is 12.8 Å². The molecule has 0 saturated heterocycles. The van der Waals surface area contributed by atoms with Crippen LogP contribution in [-0.4, -0.2) is 14.5 Å². The molecule has 0 amide bonds. The van der Waals surface area contributed by atoms with Gasteiger partial charge in [-0.15, -0.1) is 0 Å². The Morgan fingerprint density at radius 1 is 0.875 bits per heavy atom. The van der Waals surface area contributed by atoms with Gasteiger partial charge in [0, 0.05) is 0 Å². The molecule has 0 aliphatic heterocycles. The van der Waals surface area contributed by atoms with E-state index in [-0.39, 0.29) is 20.3 Å². The van der Waals surface area contributed by atoms with Crippen molar-refractivity contribution < 1.29 is 4.39 Å². The minimum atomic E-state index is -0.106. The number of rotatable bonds is 6. The van der Waals surface area contributed by atoms with Crippen LogP contribution in [0.15, 0.2) is 54.6 Å². The first kappa shape index (κ1) is 17.2. The van der Waals surface area contributed by atoms with Crippen molar-refractivity contribution in [3.05, 3.63) is 70.4 Å². The van der Waals surface area contributed by atoms with Gasteiger partial charge in [-0.2, -0.15) is 0 Å². The number of benzene rings is 2. The summed E-state index contributed by atoms with van der Waals surface area (Å²) in [6.45, 7) is 4.35. The monoisotopic (exact) mass is 386 g/mol. The van der Waals surface area contributed by atoms with Gasteiger partial charge in [-0.05, 0) is 0 Å². The van der Waals surface area contributed by atoms with Gasteiger partial charge in [0.05, 0.1) is 0 Å². The van der Waals surface area contributed by atoms with Gasteiger partial charge in [0.1, 0.15) is 0 Å². The van der Waals surface area contributed by atoms with Crippen LogP contribution in [0.4, 0.5) is 4.39 Å². The second-order valence-electron chi connectivity index (χ2n) is 6.11. The summed E-state index contributed by atoms with van der Waals surface area (Å²) in [7, 11) is 0. The van der Waals surface area contributed by atoms with E-state index in [2.05, 4.69) is 50.2 Å². The Labute approximate surface area is 150 Å². The Hall–Kier alpha value is -1.63. The average molecular weight is 385 g/mol. The standard InChI is InChI=1S/C22H23FSe/c1-3-5-6-19-12-14-22(24-19)20-13-11-18(15-21(20)23)17-9-7-16(4-2)8-10-17/h7-15H,3-6H2,1-2H3. The van der Waals surface area contributed by atoms with Crippen molar-refractivity contribution in [2.45, 2.75) is 39.5 Å². The number of hydrogen-bond acceptors (Lipinski definition) is 0. The van der Waals surface area contributed by atoms with Crippen molar-refractivity contribution in [2.75, 3.05) is 0 Å². The molecule has 3 rings (SSSR count). The van der Waals surface area contributed by atoms with Crippen LogP contribution in [0, 0.1) is 5.82 Å². The van der Waals surface area contributed by atoms with Crippen molar-refractivity contribution in [3.8, 4) is 21.1 Å². The zero-order chi connectivity index (χ0) is 16.9. The average Bonchev–Trinajstić information content (AvgIpc) is 3.08. The molecule has 0 spiro atoms. The molecule has 0 nitrogen and oxygen atoms in total. The summed E-state index contributed by atoms with van der Waals surface area (Å²) in [5.41, 5.74) is 4.10. The van der Waals surface area contributed by atoms with Crippen LogP contribution >= 0.6 is 0 Å². The molecule has 1 aromatic heterocycles. The Kier molecular flexibility index (Phi) is 5.71. The predicted octanol–water partition coefficient (Wildman–Crippen LogP) is 6.12. The predicted molar refractivity (Wildman–Crippen MR) is 102 cm³/mol. The maximum atomic E-state index is 14.7. The van der Waals surface area contributed by atoms with Gasteiger partial charge in [-0.3, -0.25) is 0 Å². The van der Waals surface area contributed by atoms with Crippen molar-refractivity contribution >= 4 is 14.5 Å². The summed E-state index contributed by atoms with van der Waals surface area (Å²) in [4.78, 5) is 0. The Balaban J connectivity index is 1.85. The molecular weight excluding hydrogens is 362 g/mol. The molecule has 124 valence electrons. The van der Waals surface area contributed by atoms with Gasteiger partial charge in [0.2, 0.25) is 0 Å². The van der Waals surface area contributed by atoms with Gasteiger partial charge in [-0.25, -0.2) is 0 Å². The van der Waals surface area contributed by atoms with E-state index < -0.39 is 0 Å². The molecule has 0 aliphatic carbocycles. The van der Waals surface area contributed by atoms with Crippen LogP contribution in [0.1, 0.15) is 36.7 Å². The van der Waals surface area contributed by atoms with Gasteiger partial charge in [0.25, 0.3) is 0 Å². The summed E-state index contributed by atoms with van der Waals surface area (Å²) in [5, 5.41) is 0. The van der Waals surface area contributed by atoms with Gasteiger partial charge < -0.3 is 0 Å². The topological polar surface area (TPSA) is 0 Å². The number of hydrogen-bond donors (Lipinski definition) is 0. The van der Waals surface area contributed by atoms with Crippen LogP contribution in [0.2, 0.25) is 0 Å². The van der Waals surface area contributed by atoms with Crippen LogP contribution < -0.4 is 0 Å². The molecule has 24 heavy (non-hydrogen) atoms. The molecule has 0 fully saturated rings. The summed E-state index contributed by atoms with van der Waals surface area (Å²) >= 11 is 0.278. The summed E-state index contributed by atoms with van der Waals surface area (Å²) in [5.74, 6) is -0.106. The fourth-order valence-electron chi connectivity index (χ4n) is 2.84. The third-order valence-electron chi connectivity index (χ3n) is 4.37. The van der Waals surface area contributed by atoms with E-state index in [0.29, 0.717) is 0 Å². The molecule has 0 aliphatic rings. The van der Waals surface area contributed by atoms with Crippen molar-refractivity contribution in [2.24, 2.45) is 0 Å². The van der Waals surface area contributed by atoms with Crippen LogP contribution in [0.5, 0.6) is 0 Å². The number of halogens is 1. The number of aryl methyl sites for hydroxylation is 2. The molecule has 1 heterocycles. The molecule has 0 atom stereocenters. The summed E-state index contributed by atoms with van der Waals surface area (Å²) in [6.07, 6.45) is 4.61. The molecule has 0 radical (unpaired) electrons. The summed E-state index contributed by atoms with van der Waals surface area (Å²) in [6, 6.07) is 18.4. The van der Waals surface area contributed by atoms with Crippen molar-refractivity contribution in [1.29, 1.82) is 0 Å². The Morgan fingerprint density at radius 2 is 1.62 bits per heavy atom. The molecular formula is C22H23FSe. The van der Waals surface area contributed by atoms with E-state index in [1.165, 1.54) is 27.3 Å². The molecule has 2 heteroatoms. The molecule has 0 N–H and O–H groups in total. The van der Waals surface area contributed by atoms with Gasteiger partial charge >= 0.3 is 150 Å². The Bertz CT molecular complexity index is 799. The van der Waals surface area contributed by atoms with E-state index in [0.717, 1.165) is 29.5 Å². The van der Waals surface area contributed by atoms with E-state index in [4.69, 9.17) is 0 Å². The van der Waals surface area contributed by atoms with Crippen LogP contribution in [0.3, 0.4) is 0 Å². The van der Waals surface area contributed by atoms with Crippen LogP contribution in [0.25, 0.3) is 21.1 Å². The third kappa shape index (κ3) is 3.88. The fraction of sp³-hybridized carbons (Fsp3) is 0.273. The van der Waals surface area contributed by atoms with Crippen molar-refractivity contribution in [1.82, 2.24) is 0 Å². The van der Waals surface area contributed by atoms with E-state index in [1.54, 1.807) is 6.07 Å². The SMILES string of the molecule is CCCCc1ccc(-c2ccc(-c3ccc(CC)cc3)cc2F)[se]1. The second kappa shape index (κ2) is 7.96. The molecule has 0 unspecified atom stereocenters. The van der Waals surface area contributed by atoms with E-state index >= 15 is 0 Å². The third-order valence-corrected chi connectivity index (χ3v) is 6.84. The first-order valence-corrected chi connectivity index (χ1v) is 10.4. The Morgan fingerprint density at radius 3 is 2.29 bits per heavy atom. The van der Waals surface area contributed by atoms with E-state index in [9.17, 15) is 4.39 Å². The zero-order valence-corrected chi connectivity index (χ0v) is 16.0.